The molecule has 1 aliphatic heterocycles. The minimum absolute atomic E-state index is 0.173. The second-order valence-electron chi connectivity index (χ2n) is 6.66. The van der Waals surface area contributed by atoms with Crippen LogP contribution >= 0.6 is 11.8 Å². The lowest BCUT2D eigenvalue weighted by atomic mass is 10.1. The molecule has 1 aliphatic rings. The van der Waals surface area contributed by atoms with E-state index in [-0.39, 0.29) is 11.9 Å². The number of anilines is 1. The van der Waals surface area contributed by atoms with Gasteiger partial charge in [-0.15, -0.1) is 0 Å². The maximum Gasteiger partial charge on any atom is 0.319 e. The Morgan fingerprint density at radius 2 is 1.59 bits per heavy atom. The summed E-state index contributed by atoms with van der Waals surface area (Å²) in [6, 6.07) is 15.3. The van der Waals surface area contributed by atoms with E-state index in [0.29, 0.717) is 18.7 Å². The zero-order chi connectivity index (χ0) is 19.1. The maximum atomic E-state index is 12.3. The van der Waals surface area contributed by atoms with Crippen LogP contribution in [0.15, 0.2) is 48.5 Å². The molecule has 0 aromatic heterocycles. The van der Waals surface area contributed by atoms with Crippen LogP contribution in [0.5, 0.6) is 0 Å². The van der Waals surface area contributed by atoms with E-state index < -0.39 is 0 Å². The molecule has 1 fully saturated rings. The van der Waals surface area contributed by atoms with Gasteiger partial charge in [0.25, 0.3) is 0 Å². The van der Waals surface area contributed by atoms with Crippen molar-refractivity contribution < 1.29 is 9.59 Å². The number of carbonyl (C=O) groups is 2. The Morgan fingerprint density at radius 3 is 2.26 bits per heavy atom. The van der Waals surface area contributed by atoms with Crippen LogP contribution in [0.1, 0.15) is 16.7 Å². The number of benzene rings is 2. The zero-order valence-corrected chi connectivity index (χ0v) is 16.3. The summed E-state index contributed by atoms with van der Waals surface area (Å²) >= 11 is 1.89. The first-order chi connectivity index (χ1) is 13.1. The average molecular weight is 384 g/mol. The second-order valence-corrected chi connectivity index (χ2v) is 7.88. The number of rotatable bonds is 5. The summed E-state index contributed by atoms with van der Waals surface area (Å²) in [5.41, 5.74) is 3.92. The third-order valence-electron chi connectivity index (χ3n) is 4.50. The third-order valence-corrected chi connectivity index (χ3v) is 5.45. The minimum atomic E-state index is -0.245. The van der Waals surface area contributed by atoms with E-state index in [9.17, 15) is 9.59 Å². The van der Waals surface area contributed by atoms with Gasteiger partial charge in [-0.1, -0.05) is 42.0 Å². The predicted molar refractivity (Wildman–Crippen MR) is 111 cm³/mol. The lowest BCUT2D eigenvalue weighted by molar-refractivity contribution is -0.130. The Kier molecular flexibility index (Phi) is 6.76. The molecule has 27 heavy (non-hydrogen) atoms. The number of hydrogen-bond donors (Lipinski definition) is 2. The standard InChI is InChI=1S/C21H25N3O2S/c1-16-2-4-18(5-3-16)15-22-21(26)23-19-8-6-17(7-9-19)14-20(25)24-10-12-27-13-11-24/h2-9H,10-15H2,1H3,(H2,22,23,26). The van der Waals surface area contributed by atoms with Gasteiger partial charge in [0.1, 0.15) is 0 Å². The van der Waals surface area contributed by atoms with Gasteiger partial charge in [-0.05, 0) is 30.2 Å². The molecule has 2 aromatic carbocycles. The summed E-state index contributed by atoms with van der Waals surface area (Å²) in [7, 11) is 0. The first kappa shape index (κ1) is 19.3. The topological polar surface area (TPSA) is 61.4 Å². The van der Waals surface area contributed by atoms with Crippen LogP contribution in [0, 0.1) is 6.92 Å². The van der Waals surface area contributed by atoms with Crippen LogP contribution in [-0.4, -0.2) is 41.4 Å². The van der Waals surface area contributed by atoms with Gasteiger partial charge in [-0.3, -0.25) is 4.79 Å². The molecule has 0 bridgehead atoms. The van der Waals surface area contributed by atoms with Crippen LogP contribution in [0.2, 0.25) is 0 Å². The van der Waals surface area contributed by atoms with E-state index in [0.717, 1.165) is 35.7 Å². The second kappa shape index (κ2) is 9.46. The number of nitrogens with one attached hydrogen (secondary N) is 2. The molecule has 2 aromatic rings. The van der Waals surface area contributed by atoms with Gasteiger partial charge in [-0.2, -0.15) is 11.8 Å². The van der Waals surface area contributed by atoms with Gasteiger partial charge in [0.15, 0.2) is 0 Å². The van der Waals surface area contributed by atoms with Crippen molar-refractivity contribution in [3.8, 4) is 0 Å². The summed E-state index contributed by atoms with van der Waals surface area (Å²) in [4.78, 5) is 26.3. The van der Waals surface area contributed by atoms with Crippen LogP contribution in [0.3, 0.4) is 0 Å². The first-order valence-electron chi connectivity index (χ1n) is 9.15. The van der Waals surface area contributed by atoms with Gasteiger partial charge in [0.2, 0.25) is 5.91 Å². The van der Waals surface area contributed by atoms with Crippen molar-refractivity contribution in [2.45, 2.75) is 19.9 Å². The smallest absolute Gasteiger partial charge is 0.319 e. The molecule has 1 heterocycles. The Bertz CT molecular complexity index is 769. The predicted octanol–water partition coefficient (Wildman–Crippen LogP) is 3.43. The number of amides is 3. The van der Waals surface area contributed by atoms with Crippen molar-refractivity contribution in [1.82, 2.24) is 10.2 Å². The number of urea groups is 1. The lowest BCUT2D eigenvalue weighted by Gasteiger charge is -2.26. The first-order valence-corrected chi connectivity index (χ1v) is 10.3. The highest BCUT2D eigenvalue weighted by atomic mass is 32.2. The number of nitrogens with zero attached hydrogens (tertiary/aromatic N) is 1. The monoisotopic (exact) mass is 383 g/mol. The molecular weight excluding hydrogens is 358 g/mol. The third kappa shape index (κ3) is 6.03. The molecule has 142 valence electrons. The number of thioether (sulfide) groups is 1. The minimum Gasteiger partial charge on any atom is -0.341 e. The highest BCUT2D eigenvalue weighted by Gasteiger charge is 2.16. The summed E-state index contributed by atoms with van der Waals surface area (Å²) in [6.07, 6.45) is 0.407. The Morgan fingerprint density at radius 1 is 0.963 bits per heavy atom. The normalized spacial score (nSPS) is 13.9. The molecule has 0 atom stereocenters. The number of hydrogen-bond acceptors (Lipinski definition) is 3. The largest absolute Gasteiger partial charge is 0.341 e. The average Bonchev–Trinajstić information content (AvgIpc) is 2.70. The fraction of sp³-hybridized carbons (Fsp3) is 0.333. The van der Waals surface area contributed by atoms with Crippen molar-refractivity contribution in [2.75, 3.05) is 29.9 Å². The fourth-order valence-corrected chi connectivity index (χ4v) is 3.77. The van der Waals surface area contributed by atoms with Crippen molar-refractivity contribution in [3.63, 3.8) is 0 Å². The Hall–Kier alpha value is -2.47. The van der Waals surface area contributed by atoms with Gasteiger partial charge >= 0.3 is 6.03 Å². The highest BCUT2D eigenvalue weighted by Crippen LogP contribution is 2.14. The van der Waals surface area contributed by atoms with E-state index in [1.165, 1.54) is 5.56 Å². The molecular formula is C21H25N3O2S. The molecule has 0 spiro atoms. The molecule has 0 unspecified atom stereocenters. The van der Waals surface area contributed by atoms with E-state index in [2.05, 4.69) is 10.6 Å². The van der Waals surface area contributed by atoms with Crippen molar-refractivity contribution in [2.24, 2.45) is 0 Å². The molecule has 3 amide bonds. The quantitative estimate of drug-likeness (QED) is 0.831. The number of aryl methyl sites for hydroxylation is 1. The van der Waals surface area contributed by atoms with Gasteiger partial charge in [0, 0.05) is 36.8 Å². The summed E-state index contributed by atoms with van der Waals surface area (Å²) in [5.74, 6) is 2.21. The van der Waals surface area contributed by atoms with Crippen molar-refractivity contribution in [3.05, 3.63) is 65.2 Å². The van der Waals surface area contributed by atoms with Gasteiger partial charge < -0.3 is 15.5 Å². The molecule has 0 saturated carbocycles. The fourth-order valence-electron chi connectivity index (χ4n) is 2.87. The van der Waals surface area contributed by atoms with E-state index in [1.807, 2.05) is 72.1 Å². The van der Waals surface area contributed by atoms with E-state index in [1.54, 1.807) is 0 Å². The van der Waals surface area contributed by atoms with Crippen LogP contribution < -0.4 is 10.6 Å². The van der Waals surface area contributed by atoms with Gasteiger partial charge in [-0.25, -0.2) is 4.79 Å². The number of carbonyl (C=O) groups excluding carboxylic acids is 2. The Balaban J connectivity index is 1.45. The Labute approximate surface area is 164 Å². The molecule has 0 aliphatic carbocycles. The van der Waals surface area contributed by atoms with Crippen LogP contribution in [0.4, 0.5) is 10.5 Å². The van der Waals surface area contributed by atoms with Crippen molar-refractivity contribution in [1.29, 1.82) is 0 Å². The van der Waals surface area contributed by atoms with Crippen LogP contribution in [0.25, 0.3) is 0 Å². The highest BCUT2D eigenvalue weighted by molar-refractivity contribution is 7.99. The van der Waals surface area contributed by atoms with Gasteiger partial charge in [0.05, 0.1) is 6.42 Å². The summed E-state index contributed by atoms with van der Waals surface area (Å²) < 4.78 is 0. The van der Waals surface area contributed by atoms with Crippen molar-refractivity contribution >= 4 is 29.4 Å². The van der Waals surface area contributed by atoms with E-state index in [4.69, 9.17) is 0 Å². The van der Waals surface area contributed by atoms with E-state index >= 15 is 0 Å². The summed E-state index contributed by atoms with van der Waals surface area (Å²) in [5, 5.41) is 5.66. The summed E-state index contributed by atoms with van der Waals surface area (Å²) in [6.45, 7) is 4.19. The molecule has 1 saturated heterocycles. The molecule has 3 rings (SSSR count). The molecule has 2 N–H and O–H groups in total. The molecule has 6 heteroatoms. The lowest BCUT2D eigenvalue weighted by Crippen LogP contribution is -2.38. The maximum absolute atomic E-state index is 12.3. The SMILES string of the molecule is Cc1ccc(CNC(=O)Nc2ccc(CC(=O)N3CCSCC3)cc2)cc1. The molecule has 0 radical (unpaired) electrons. The molecule has 5 nitrogen and oxygen atoms in total. The zero-order valence-electron chi connectivity index (χ0n) is 15.5. The van der Waals surface area contributed by atoms with Crippen LogP contribution in [-0.2, 0) is 17.8 Å².